The van der Waals surface area contributed by atoms with E-state index in [1.165, 1.54) is 26.1 Å². The van der Waals surface area contributed by atoms with E-state index in [1.807, 2.05) is 0 Å². The zero-order chi connectivity index (χ0) is 8.91. The Balaban J connectivity index is 0. The van der Waals surface area contributed by atoms with Crippen LogP contribution in [0.25, 0.3) is 0 Å². The molecule has 0 aliphatic heterocycles. The maximum atomic E-state index is 2.29. The highest BCUT2D eigenvalue weighted by Crippen LogP contribution is 1.98. The molecule has 12 heavy (non-hydrogen) atoms. The molecule has 0 atom stereocenters. The van der Waals surface area contributed by atoms with Crippen LogP contribution in [0.15, 0.2) is 0 Å². The van der Waals surface area contributed by atoms with Gasteiger partial charge in [0.15, 0.2) is 0 Å². The van der Waals surface area contributed by atoms with Crippen LogP contribution in [-0.2, 0) is 0 Å². The Labute approximate surface area is 87.9 Å². The van der Waals surface area contributed by atoms with Crippen molar-refractivity contribution in [1.82, 2.24) is 4.90 Å². The molecule has 0 radical (unpaired) electrons. The number of nitrogens with zero attached hydrogens (tertiary/aromatic N) is 2. The maximum absolute atomic E-state index is 2.29. The van der Waals surface area contributed by atoms with E-state index in [1.54, 1.807) is 0 Å². The third-order valence-corrected chi connectivity index (χ3v) is 2.22. The molecule has 0 aromatic carbocycles. The summed E-state index contributed by atoms with van der Waals surface area (Å²) in [7, 11) is 8.84. The van der Waals surface area contributed by atoms with E-state index in [0.717, 1.165) is 4.48 Å². The van der Waals surface area contributed by atoms with Crippen molar-refractivity contribution in [3.8, 4) is 0 Å². The fraction of sp³-hybridized carbons (Fsp3) is 1.00. The van der Waals surface area contributed by atoms with Crippen molar-refractivity contribution in [2.24, 2.45) is 0 Å². The van der Waals surface area contributed by atoms with Gasteiger partial charge >= 0.3 is 0 Å². The summed E-state index contributed by atoms with van der Waals surface area (Å²) in [4.78, 5) is 2.25. The predicted octanol–water partition coefficient (Wildman–Crippen LogP) is -1.96. The Morgan fingerprint density at radius 2 is 1.67 bits per heavy atom. The van der Waals surface area contributed by atoms with Crippen LogP contribution in [0.5, 0.6) is 0 Å². The molecular formula is C9H23BrN2. The highest BCUT2D eigenvalue weighted by molar-refractivity contribution is 4.42. The van der Waals surface area contributed by atoms with Crippen molar-refractivity contribution in [1.29, 1.82) is 0 Å². The van der Waals surface area contributed by atoms with Gasteiger partial charge < -0.3 is 26.4 Å². The number of hydrogen-bond acceptors (Lipinski definition) is 1. The number of quaternary nitrogens is 1. The van der Waals surface area contributed by atoms with Crippen LogP contribution >= 0.6 is 0 Å². The molecule has 0 rings (SSSR count). The Bertz CT molecular complexity index is 103. The second kappa shape index (κ2) is 6.87. The van der Waals surface area contributed by atoms with Crippen LogP contribution in [0.3, 0.4) is 0 Å². The molecule has 0 aliphatic carbocycles. The van der Waals surface area contributed by atoms with Gasteiger partial charge in [-0.3, -0.25) is 0 Å². The number of rotatable bonds is 5. The van der Waals surface area contributed by atoms with E-state index in [9.17, 15) is 0 Å². The van der Waals surface area contributed by atoms with Crippen molar-refractivity contribution < 1.29 is 21.5 Å². The minimum Gasteiger partial charge on any atom is -1.00 e. The largest absolute Gasteiger partial charge is 1.00 e. The third-order valence-electron chi connectivity index (χ3n) is 2.22. The maximum Gasteiger partial charge on any atom is 0.0794 e. The van der Waals surface area contributed by atoms with E-state index in [4.69, 9.17) is 0 Å². The van der Waals surface area contributed by atoms with Crippen molar-refractivity contribution in [3.63, 3.8) is 0 Å². The predicted molar refractivity (Wildman–Crippen MR) is 50.7 cm³/mol. The second-order valence-corrected chi connectivity index (χ2v) is 4.13. The SMILES string of the molecule is CC[N+](C)(C)CCCN(C)C.[Br-]. The molecule has 76 valence electrons. The van der Waals surface area contributed by atoms with Crippen LogP contribution in [-0.4, -0.2) is 57.2 Å². The zero-order valence-electron chi connectivity index (χ0n) is 9.10. The summed E-state index contributed by atoms with van der Waals surface area (Å²) in [5, 5.41) is 0. The molecule has 0 N–H and O–H groups in total. The lowest BCUT2D eigenvalue weighted by molar-refractivity contribution is -0.888. The molecule has 2 nitrogen and oxygen atoms in total. The first-order valence-corrected chi connectivity index (χ1v) is 4.44. The normalized spacial score (nSPS) is 11.5. The van der Waals surface area contributed by atoms with Crippen molar-refractivity contribution in [2.75, 3.05) is 47.8 Å². The first kappa shape index (κ1) is 14.9. The van der Waals surface area contributed by atoms with E-state index in [2.05, 4.69) is 40.0 Å². The van der Waals surface area contributed by atoms with Gasteiger partial charge in [-0.25, -0.2) is 0 Å². The second-order valence-electron chi connectivity index (χ2n) is 4.13. The van der Waals surface area contributed by atoms with Crippen molar-refractivity contribution in [3.05, 3.63) is 0 Å². The van der Waals surface area contributed by atoms with Crippen LogP contribution in [0.4, 0.5) is 0 Å². The standard InChI is InChI=1S/C9H23N2.BrH/c1-6-11(4,5)9-7-8-10(2)3;/h6-9H2,1-5H3;1H/q+1;/p-1. The molecule has 0 saturated heterocycles. The fourth-order valence-electron chi connectivity index (χ4n) is 0.973. The fourth-order valence-corrected chi connectivity index (χ4v) is 0.973. The lowest BCUT2D eigenvalue weighted by Crippen LogP contribution is -3.00. The molecule has 0 saturated carbocycles. The van der Waals surface area contributed by atoms with Gasteiger partial charge in [0.05, 0.1) is 27.2 Å². The lowest BCUT2D eigenvalue weighted by Gasteiger charge is -2.28. The van der Waals surface area contributed by atoms with Crippen molar-refractivity contribution in [2.45, 2.75) is 13.3 Å². The van der Waals surface area contributed by atoms with Crippen molar-refractivity contribution >= 4 is 0 Å². The minimum atomic E-state index is 0. The Morgan fingerprint density at radius 3 is 2.00 bits per heavy atom. The average molecular weight is 239 g/mol. The molecule has 0 bridgehead atoms. The Morgan fingerprint density at radius 1 is 1.17 bits per heavy atom. The molecule has 0 aromatic heterocycles. The summed E-state index contributed by atoms with van der Waals surface area (Å²) < 4.78 is 1.15. The Hall–Kier alpha value is 0.400. The molecule has 0 aliphatic rings. The summed E-state index contributed by atoms with van der Waals surface area (Å²) >= 11 is 0. The monoisotopic (exact) mass is 238 g/mol. The van der Waals surface area contributed by atoms with E-state index in [0.29, 0.717) is 0 Å². The van der Waals surface area contributed by atoms with Gasteiger partial charge in [-0.15, -0.1) is 0 Å². The number of halogens is 1. The van der Waals surface area contributed by atoms with Gasteiger partial charge in [-0.05, 0) is 21.0 Å². The Kier molecular flexibility index (Phi) is 8.53. The van der Waals surface area contributed by atoms with Gasteiger partial charge in [0.25, 0.3) is 0 Å². The van der Waals surface area contributed by atoms with E-state index >= 15 is 0 Å². The average Bonchev–Trinajstić information content (AvgIpc) is 1.87. The first-order chi connectivity index (χ1) is 4.98. The molecule has 0 fully saturated rings. The van der Waals surface area contributed by atoms with Gasteiger partial charge in [0, 0.05) is 13.0 Å². The summed E-state index contributed by atoms with van der Waals surface area (Å²) in [6, 6.07) is 0. The lowest BCUT2D eigenvalue weighted by atomic mass is 10.3. The van der Waals surface area contributed by atoms with Crippen LogP contribution in [0, 0.1) is 0 Å². The minimum absolute atomic E-state index is 0. The summed E-state index contributed by atoms with van der Waals surface area (Å²) in [5.41, 5.74) is 0. The number of hydrogen-bond donors (Lipinski definition) is 0. The van der Waals surface area contributed by atoms with Gasteiger partial charge in [0.1, 0.15) is 0 Å². The summed E-state index contributed by atoms with van der Waals surface area (Å²) in [6.45, 7) is 5.97. The van der Waals surface area contributed by atoms with E-state index < -0.39 is 0 Å². The van der Waals surface area contributed by atoms with Crippen LogP contribution < -0.4 is 17.0 Å². The molecule has 0 unspecified atom stereocenters. The third kappa shape index (κ3) is 8.50. The highest BCUT2D eigenvalue weighted by Gasteiger charge is 2.10. The van der Waals surface area contributed by atoms with Gasteiger partial charge in [-0.1, -0.05) is 0 Å². The molecule has 0 amide bonds. The van der Waals surface area contributed by atoms with E-state index in [-0.39, 0.29) is 17.0 Å². The zero-order valence-corrected chi connectivity index (χ0v) is 10.7. The molecule has 0 spiro atoms. The summed E-state index contributed by atoms with van der Waals surface area (Å²) in [6.07, 6.45) is 1.30. The molecule has 0 heterocycles. The van der Waals surface area contributed by atoms with Crippen LogP contribution in [0.2, 0.25) is 0 Å². The van der Waals surface area contributed by atoms with Crippen LogP contribution in [0.1, 0.15) is 13.3 Å². The summed E-state index contributed by atoms with van der Waals surface area (Å²) in [5.74, 6) is 0. The first-order valence-electron chi connectivity index (χ1n) is 4.44. The quantitative estimate of drug-likeness (QED) is 0.504. The smallest absolute Gasteiger partial charge is 0.0794 e. The highest BCUT2D eigenvalue weighted by atomic mass is 79.9. The van der Waals surface area contributed by atoms with Gasteiger partial charge in [0.2, 0.25) is 0 Å². The molecule has 0 aromatic rings. The molecular weight excluding hydrogens is 216 g/mol. The van der Waals surface area contributed by atoms with Gasteiger partial charge in [-0.2, -0.15) is 0 Å². The topological polar surface area (TPSA) is 3.24 Å². The molecule has 3 heteroatoms.